The van der Waals surface area contributed by atoms with E-state index < -0.39 is 0 Å². The molecule has 1 aliphatic heterocycles. The van der Waals surface area contributed by atoms with Gasteiger partial charge in [0.1, 0.15) is 11.9 Å². The lowest BCUT2D eigenvalue weighted by Gasteiger charge is -2.13. The lowest BCUT2D eigenvalue weighted by molar-refractivity contribution is 0.242. The van der Waals surface area contributed by atoms with E-state index in [-0.39, 0.29) is 6.10 Å². The fraction of sp³-hybridized carbons (Fsp3) is 0.235. The lowest BCUT2D eigenvalue weighted by Crippen LogP contribution is -2.24. The van der Waals surface area contributed by atoms with Crippen LogP contribution in [0.3, 0.4) is 0 Å². The smallest absolute Gasteiger partial charge is 0.188 e. The SMILES string of the molecule is [C-]#[N+]c1cc2c(c(-c3ccccc3C)c1)O[C@H](CN)C2. The van der Waals surface area contributed by atoms with Crippen molar-refractivity contribution >= 4 is 5.69 Å². The van der Waals surface area contributed by atoms with Crippen LogP contribution in [-0.2, 0) is 6.42 Å². The lowest BCUT2D eigenvalue weighted by atomic mass is 9.96. The summed E-state index contributed by atoms with van der Waals surface area (Å²) >= 11 is 0. The molecular formula is C17H16N2O. The molecular weight excluding hydrogens is 248 g/mol. The molecule has 1 atom stereocenters. The molecule has 0 aromatic heterocycles. The quantitative estimate of drug-likeness (QED) is 0.843. The summed E-state index contributed by atoms with van der Waals surface area (Å²) in [5, 5.41) is 0. The van der Waals surface area contributed by atoms with Gasteiger partial charge in [0.2, 0.25) is 0 Å². The number of rotatable bonds is 2. The van der Waals surface area contributed by atoms with Crippen LogP contribution in [0.4, 0.5) is 5.69 Å². The van der Waals surface area contributed by atoms with E-state index in [4.69, 9.17) is 17.0 Å². The number of hydrogen-bond acceptors (Lipinski definition) is 2. The van der Waals surface area contributed by atoms with Crippen LogP contribution in [0.15, 0.2) is 36.4 Å². The number of nitrogens with zero attached hydrogens (tertiary/aromatic N) is 1. The molecule has 0 unspecified atom stereocenters. The second-order valence-corrected chi connectivity index (χ2v) is 5.09. The number of ether oxygens (including phenoxy) is 1. The first-order valence-electron chi connectivity index (χ1n) is 6.70. The topological polar surface area (TPSA) is 39.6 Å². The largest absolute Gasteiger partial charge is 0.488 e. The van der Waals surface area contributed by atoms with Gasteiger partial charge in [0.05, 0.1) is 6.57 Å². The van der Waals surface area contributed by atoms with E-state index in [1.807, 2.05) is 24.3 Å². The van der Waals surface area contributed by atoms with Gasteiger partial charge < -0.3 is 10.5 Å². The highest BCUT2D eigenvalue weighted by Gasteiger charge is 2.26. The van der Waals surface area contributed by atoms with Crippen LogP contribution in [0.5, 0.6) is 5.75 Å². The van der Waals surface area contributed by atoms with E-state index in [1.165, 1.54) is 5.56 Å². The van der Waals surface area contributed by atoms with Crippen molar-refractivity contribution in [1.82, 2.24) is 0 Å². The summed E-state index contributed by atoms with van der Waals surface area (Å²) in [5.41, 5.74) is 10.8. The summed E-state index contributed by atoms with van der Waals surface area (Å²) in [4.78, 5) is 3.58. The third kappa shape index (κ3) is 2.04. The van der Waals surface area contributed by atoms with Crippen molar-refractivity contribution in [2.24, 2.45) is 5.73 Å². The van der Waals surface area contributed by atoms with Crippen LogP contribution in [-0.4, -0.2) is 12.6 Å². The molecule has 2 aromatic carbocycles. The molecule has 0 spiro atoms. The first kappa shape index (κ1) is 12.7. The molecule has 3 rings (SSSR count). The summed E-state index contributed by atoms with van der Waals surface area (Å²) in [6.45, 7) is 9.84. The van der Waals surface area contributed by atoms with Gasteiger partial charge in [-0.15, -0.1) is 0 Å². The molecule has 1 aliphatic rings. The number of benzene rings is 2. The van der Waals surface area contributed by atoms with E-state index >= 15 is 0 Å². The maximum Gasteiger partial charge on any atom is 0.188 e. The maximum absolute atomic E-state index is 7.27. The second-order valence-electron chi connectivity index (χ2n) is 5.09. The zero-order valence-electron chi connectivity index (χ0n) is 11.4. The summed E-state index contributed by atoms with van der Waals surface area (Å²) in [7, 11) is 0. The molecule has 100 valence electrons. The van der Waals surface area contributed by atoms with E-state index in [0.717, 1.165) is 28.9 Å². The number of aryl methyl sites for hydroxylation is 1. The van der Waals surface area contributed by atoms with Crippen LogP contribution in [0.1, 0.15) is 11.1 Å². The zero-order chi connectivity index (χ0) is 14.1. The Morgan fingerprint density at radius 3 is 2.80 bits per heavy atom. The fourth-order valence-corrected chi connectivity index (χ4v) is 2.69. The Bertz CT molecular complexity index is 701. The summed E-state index contributed by atoms with van der Waals surface area (Å²) < 4.78 is 5.97. The standard InChI is InChI=1S/C17H16N2O/c1-11-5-3-4-6-15(11)16-9-13(19-2)7-12-8-14(10-18)20-17(12)16/h3-7,9,14H,8,10,18H2,1H3/t14-/m0/s1. The highest BCUT2D eigenvalue weighted by molar-refractivity contribution is 5.79. The third-order valence-electron chi connectivity index (χ3n) is 3.71. The predicted molar refractivity (Wildman–Crippen MR) is 80.1 cm³/mol. The highest BCUT2D eigenvalue weighted by Crippen LogP contribution is 2.42. The van der Waals surface area contributed by atoms with Crippen LogP contribution in [0.25, 0.3) is 16.0 Å². The van der Waals surface area contributed by atoms with Gasteiger partial charge in [0.25, 0.3) is 0 Å². The Morgan fingerprint density at radius 1 is 1.30 bits per heavy atom. The van der Waals surface area contributed by atoms with Crippen molar-refractivity contribution in [3.8, 4) is 16.9 Å². The van der Waals surface area contributed by atoms with Crippen molar-refractivity contribution in [2.45, 2.75) is 19.4 Å². The van der Waals surface area contributed by atoms with Crippen LogP contribution >= 0.6 is 0 Å². The van der Waals surface area contributed by atoms with Gasteiger partial charge in [-0.05, 0) is 35.7 Å². The molecule has 1 heterocycles. The third-order valence-corrected chi connectivity index (χ3v) is 3.71. The zero-order valence-corrected chi connectivity index (χ0v) is 11.4. The van der Waals surface area contributed by atoms with Crippen molar-refractivity contribution in [2.75, 3.05) is 6.54 Å². The number of hydrogen-bond donors (Lipinski definition) is 1. The molecule has 0 fully saturated rings. The summed E-state index contributed by atoms with van der Waals surface area (Å²) in [5.74, 6) is 0.891. The van der Waals surface area contributed by atoms with E-state index in [1.54, 1.807) is 0 Å². The van der Waals surface area contributed by atoms with Crippen molar-refractivity contribution in [3.63, 3.8) is 0 Å². The molecule has 0 radical (unpaired) electrons. The average molecular weight is 264 g/mol. The summed E-state index contributed by atoms with van der Waals surface area (Å²) in [6.07, 6.45) is 0.808. The average Bonchev–Trinajstić information content (AvgIpc) is 2.90. The molecule has 3 nitrogen and oxygen atoms in total. The Morgan fingerprint density at radius 2 is 2.10 bits per heavy atom. The normalized spacial score (nSPS) is 16.4. The van der Waals surface area contributed by atoms with Crippen LogP contribution < -0.4 is 10.5 Å². The molecule has 2 N–H and O–H groups in total. The fourth-order valence-electron chi connectivity index (χ4n) is 2.69. The Labute approximate surface area is 118 Å². The Hall–Kier alpha value is -2.31. The van der Waals surface area contributed by atoms with Gasteiger partial charge in [0.15, 0.2) is 5.69 Å². The molecule has 0 aliphatic carbocycles. The highest BCUT2D eigenvalue weighted by atomic mass is 16.5. The minimum Gasteiger partial charge on any atom is -0.488 e. The Balaban J connectivity index is 2.20. The van der Waals surface area contributed by atoms with Crippen molar-refractivity contribution in [1.29, 1.82) is 0 Å². The number of fused-ring (bicyclic) bond motifs is 1. The first-order chi connectivity index (χ1) is 9.72. The second kappa shape index (κ2) is 4.99. The predicted octanol–water partition coefficient (Wildman–Crippen LogP) is 3.48. The molecule has 20 heavy (non-hydrogen) atoms. The Kier molecular flexibility index (Phi) is 3.17. The molecule has 0 bridgehead atoms. The maximum atomic E-state index is 7.27. The van der Waals surface area contributed by atoms with E-state index in [2.05, 4.69) is 23.9 Å². The van der Waals surface area contributed by atoms with Gasteiger partial charge in [-0.25, -0.2) is 4.85 Å². The van der Waals surface area contributed by atoms with Crippen molar-refractivity contribution in [3.05, 3.63) is 58.9 Å². The van der Waals surface area contributed by atoms with Gasteiger partial charge in [-0.1, -0.05) is 24.3 Å². The molecule has 2 aromatic rings. The van der Waals surface area contributed by atoms with Gasteiger partial charge in [0, 0.05) is 18.5 Å². The van der Waals surface area contributed by atoms with Gasteiger partial charge in [-0.3, -0.25) is 0 Å². The first-order valence-corrected chi connectivity index (χ1v) is 6.70. The minimum absolute atomic E-state index is 0.0220. The number of nitrogens with two attached hydrogens (primary N) is 1. The van der Waals surface area contributed by atoms with Gasteiger partial charge in [-0.2, -0.15) is 0 Å². The molecule has 0 amide bonds. The van der Waals surface area contributed by atoms with E-state index in [0.29, 0.717) is 12.2 Å². The van der Waals surface area contributed by atoms with Gasteiger partial charge >= 0.3 is 0 Å². The minimum atomic E-state index is 0.0220. The molecule has 0 saturated carbocycles. The van der Waals surface area contributed by atoms with Crippen LogP contribution in [0.2, 0.25) is 0 Å². The van der Waals surface area contributed by atoms with E-state index in [9.17, 15) is 0 Å². The molecule has 3 heteroatoms. The molecule has 0 saturated heterocycles. The van der Waals surface area contributed by atoms with Crippen molar-refractivity contribution < 1.29 is 4.74 Å². The summed E-state index contributed by atoms with van der Waals surface area (Å²) in [6, 6.07) is 12.0. The van der Waals surface area contributed by atoms with Crippen LogP contribution in [0, 0.1) is 13.5 Å². The monoisotopic (exact) mass is 264 g/mol.